The van der Waals surface area contributed by atoms with Gasteiger partial charge in [-0.1, -0.05) is 5.59 Å². The summed E-state index contributed by atoms with van der Waals surface area (Å²) in [6.07, 6.45) is 1.60. The zero-order valence-electron chi connectivity index (χ0n) is 11.0. The van der Waals surface area contributed by atoms with Crippen LogP contribution in [-0.4, -0.2) is 25.0 Å². The summed E-state index contributed by atoms with van der Waals surface area (Å²) in [5, 5.41) is 0. The summed E-state index contributed by atoms with van der Waals surface area (Å²) in [5.74, 6) is 5.12. The fourth-order valence-corrected chi connectivity index (χ4v) is 2.01. The lowest BCUT2D eigenvalue weighted by molar-refractivity contribution is -0.151. The summed E-state index contributed by atoms with van der Waals surface area (Å²) in [5.41, 5.74) is 2.68. The molecule has 20 heavy (non-hydrogen) atoms. The number of nitrogens with two attached hydrogens (primary N) is 1. The van der Waals surface area contributed by atoms with Crippen molar-refractivity contribution in [2.45, 2.75) is 19.3 Å². The van der Waals surface area contributed by atoms with Crippen molar-refractivity contribution < 1.29 is 19.2 Å². The summed E-state index contributed by atoms with van der Waals surface area (Å²) in [4.78, 5) is 28.7. The number of carbonyl (C=O) groups excluding carboxylic acids is 2. The molecule has 0 bridgehead atoms. The average Bonchev–Trinajstić information content (AvgIpc) is 2.86. The molecule has 1 aromatic carbocycles. The number of carbonyl (C=O) groups is 2. The van der Waals surface area contributed by atoms with Gasteiger partial charge in [-0.2, -0.15) is 0 Å². The monoisotopic (exact) mass is 279 g/mol. The number of ether oxygens (including phenoxy) is 1. The largest absolute Gasteiger partial charge is 0.493 e. The first-order chi connectivity index (χ1) is 9.70. The van der Waals surface area contributed by atoms with Crippen LogP contribution in [0.5, 0.6) is 5.75 Å². The maximum Gasteiger partial charge on any atom is 0.329 e. The van der Waals surface area contributed by atoms with Crippen LogP contribution in [0.1, 0.15) is 19.3 Å². The molecule has 1 aliphatic rings. The number of benzene rings is 1. The molecule has 0 atom stereocenters. The second kappa shape index (κ2) is 6.88. The molecule has 1 fully saturated rings. The van der Waals surface area contributed by atoms with E-state index in [1.165, 1.54) is 0 Å². The lowest BCUT2D eigenvalue weighted by atomic mass is 10.3. The number of hydrazine groups is 1. The van der Waals surface area contributed by atoms with Gasteiger partial charge in [-0.25, -0.2) is 5.84 Å². The zero-order chi connectivity index (χ0) is 14.4. The lowest BCUT2D eigenvalue weighted by Crippen LogP contribution is -2.27. The molecule has 2 rings (SSSR count). The van der Waals surface area contributed by atoms with Gasteiger partial charge in [-0.3, -0.25) is 9.59 Å². The molecule has 0 aliphatic carbocycles. The maximum absolute atomic E-state index is 11.6. The number of anilines is 1. The van der Waals surface area contributed by atoms with Gasteiger partial charge in [0.1, 0.15) is 5.75 Å². The topological polar surface area (TPSA) is 93.9 Å². The Hall–Kier alpha value is -2.12. The SMILES string of the molecule is NNOC(=O)CCOc1ccc(N2CCCC2=O)cc1. The molecule has 1 saturated heterocycles. The van der Waals surface area contributed by atoms with E-state index in [-0.39, 0.29) is 18.9 Å². The van der Waals surface area contributed by atoms with E-state index in [1.807, 2.05) is 17.7 Å². The number of hydrogen-bond acceptors (Lipinski definition) is 6. The molecule has 7 heteroatoms. The van der Waals surface area contributed by atoms with Crippen LogP contribution in [0.3, 0.4) is 0 Å². The van der Waals surface area contributed by atoms with Gasteiger partial charge < -0.3 is 14.5 Å². The average molecular weight is 279 g/mol. The molecule has 7 nitrogen and oxygen atoms in total. The summed E-state index contributed by atoms with van der Waals surface area (Å²) >= 11 is 0. The van der Waals surface area contributed by atoms with E-state index >= 15 is 0 Å². The van der Waals surface area contributed by atoms with Crippen LogP contribution < -0.4 is 21.1 Å². The summed E-state index contributed by atoms with van der Waals surface area (Å²) in [6.45, 7) is 0.958. The number of amides is 1. The van der Waals surface area contributed by atoms with Crippen LogP contribution in [-0.2, 0) is 14.4 Å². The summed E-state index contributed by atoms with van der Waals surface area (Å²) < 4.78 is 5.39. The molecular weight excluding hydrogens is 262 g/mol. The molecule has 0 saturated carbocycles. The molecule has 1 heterocycles. The normalized spacial score (nSPS) is 14.4. The van der Waals surface area contributed by atoms with E-state index in [9.17, 15) is 9.59 Å². The summed E-state index contributed by atoms with van der Waals surface area (Å²) in [7, 11) is 0. The smallest absolute Gasteiger partial charge is 0.329 e. The molecule has 0 aromatic heterocycles. The number of nitrogens with one attached hydrogen (secondary N) is 1. The molecule has 0 unspecified atom stereocenters. The van der Waals surface area contributed by atoms with Crippen LogP contribution in [0.2, 0.25) is 0 Å². The van der Waals surface area contributed by atoms with E-state index in [0.717, 1.165) is 18.7 Å². The van der Waals surface area contributed by atoms with E-state index in [4.69, 9.17) is 10.6 Å². The Morgan fingerprint density at radius 3 is 2.70 bits per heavy atom. The standard InChI is InChI=1S/C13H17N3O4/c14-15-20-13(18)7-9-19-11-5-3-10(4-6-11)16-8-1-2-12(16)17/h3-6,15H,1-2,7-9,14H2. The lowest BCUT2D eigenvalue weighted by Gasteiger charge is -2.16. The van der Waals surface area contributed by atoms with Gasteiger partial charge >= 0.3 is 5.97 Å². The van der Waals surface area contributed by atoms with Crippen molar-refractivity contribution in [3.8, 4) is 5.75 Å². The van der Waals surface area contributed by atoms with E-state index < -0.39 is 5.97 Å². The van der Waals surface area contributed by atoms with Crippen LogP contribution in [0, 0.1) is 0 Å². The number of rotatable bonds is 6. The Bertz CT molecular complexity index is 475. The fourth-order valence-electron chi connectivity index (χ4n) is 2.01. The van der Waals surface area contributed by atoms with Crippen LogP contribution >= 0.6 is 0 Å². The second-order valence-electron chi connectivity index (χ2n) is 4.33. The van der Waals surface area contributed by atoms with Crippen molar-refractivity contribution in [3.05, 3.63) is 24.3 Å². The second-order valence-corrected chi connectivity index (χ2v) is 4.33. The Morgan fingerprint density at radius 1 is 1.35 bits per heavy atom. The molecule has 1 amide bonds. The first-order valence-electron chi connectivity index (χ1n) is 6.39. The Labute approximate surface area is 116 Å². The first kappa shape index (κ1) is 14.3. The van der Waals surface area contributed by atoms with E-state index in [1.54, 1.807) is 17.0 Å². The van der Waals surface area contributed by atoms with Gasteiger partial charge in [0.2, 0.25) is 5.91 Å². The molecule has 0 spiro atoms. The molecule has 108 valence electrons. The minimum Gasteiger partial charge on any atom is -0.493 e. The van der Waals surface area contributed by atoms with Crippen molar-refractivity contribution in [2.24, 2.45) is 5.84 Å². The Morgan fingerprint density at radius 2 is 2.10 bits per heavy atom. The van der Waals surface area contributed by atoms with Crippen molar-refractivity contribution in [3.63, 3.8) is 0 Å². The third-order valence-electron chi connectivity index (χ3n) is 2.97. The van der Waals surface area contributed by atoms with Crippen molar-refractivity contribution in [2.75, 3.05) is 18.1 Å². The molecule has 3 N–H and O–H groups in total. The Kier molecular flexibility index (Phi) is 4.91. The highest BCUT2D eigenvalue weighted by molar-refractivity contribution is 5.95. The quantitative estimate of drug-likeness (QED) is 0.582. The van der Waals surface area contributed by atoms with Crippen molar-refractivity contribution >= 4 is 17.6 Å². The minimum absolute atomic E-state index is 0.0938. The van der Waals surface area contributed by atoms with E-state index in [2.05, 4.69) is 4.84 Å². The van der Waals surface area contributed by atoms with Crippen LogP contribution in [0.25, 0.3) is 0 Å². The highest BCUT2D eigenvalue weighted by atomic mass is 16.7. The highest BCUT2D eigenvalue weighted by Crippen LogP contribution is 2.23. The number of nitrogens with zero attached hydrogens (tertiary/aromatic N) is 1. The predicted molar refractivity (Wildman–Crippen MR) is 71.6 cm³/mol. The van der Waals surface area contributed by atoms with Crippen molar-refractivity contribution in [1.82, 2.24) is 5.59 Å². The molecule has 1 aromatic rings. The third kappa shape index (κ3) is 3.69. The van der Waals surface area contributed by atoms with Gasteiger partial charge in [0.05, 0.1) is 13.0 Å². The number of hydrogen-bond donors (Lipinski definition) is 2. The maximum atomic E-state index is 11.6. The predicted octanol–water partition coefficient (Wildman–Crippen LogP) is 0.504. The summed E-state index contributed by atoms with van der Waals surface area (Å²) in [6, 6.07) is 7.21. The van der Waals surface area contributed by atoms with Crippen LogP contribution in [0.15, 0.2) is 24.3 Å². The van der Waals surface area contributed by atoms with Crippen LogP contribution in [0.4, 0.5) is 5.69 Å². The zero-order valence-corrected chi connectivity index (χ0v) is 11.0. The fraction of sp³-hybridized carbons (Fsp3) is 0.385. The van der Waals surface area contributed by atoms with Gasteiger partial charge in [0.25, 0.3) is 0 Å². The van der Waals surface area contributed by atoms with E-state index in [0.29, 0.717) is 12.2 Å². The van der Waals surface area contributed by atoms with Crippen molar-refractivity contribution in [1.29, 1.82) is 0 Å². The minimum atomic E-state index is -0.494. The van der Waals surface area contributed by atoms with Gasteiger partial charge in [-0.15, -0.1) is 0 Å². The third-order valence-corrected chi connectivity index (χ3v) is 2.97. The van der Waals surface area contributed by atoms with Gasteiger partial charge in [0, 0.05) is 18.7 Å². The van der Waals surface area contributed by atoms with Gasteiger partial charge in [0.15, 0.2) is 0 Å². The molecule has 1 aliphatic heterocycles. The molecular formula is C13H17N3O4. The highest BCUT2D eigenvalue weighted by Gasteiger charge is 2.21. The first-order valence-corrected chi connectivity index (χ1v) is 6.39. The Balaban J connectivity index is 1.82. The molecule has 0 radical (unpaired) electrons. The van der Waals surface area contributed by atoms with Gasteiger partial charge in [-0.05, 0) is 30.7 Å².